The minimum atomic E-state index is -3.23. The second-order valence-corrected chi connectivity index (χ2v) is 10.1. The van der Waals surface area contributed by atoms with Crippen LogP contribution >= 0.6 is 0 Å². The number of amides is 1. The summed E-state index contributed by atoms with van der Waals surface area (Å²) in [6.07, 6.45) is 4.34. The molecule has 2 aliphatic rings. The van der Waals surface area contributed by atoms with E-state index in [4.69, 9.17) is 4.42 Å². The van der Waals surface area contributed by atoms with Crippen LogP contribution < -0.4 is 9.62 Å². The fraction of sp³-hybridized carbons (Fsp3) is 0.500. The molecule has 162 valence electrons. The SMILES string of the molecule is CC(NC(=O)c1ccc(CN2CCCCC2)o1)c1cccc(N2CCCS2(=O)=O)c1. The molecule has 2 aliphatic heterocycles. The number of nitrogens with zero attached hydrogens (tertiary/aromatic N) is 2. The maximum absolute atomic E-state index is 12.7. The van der Waals surface area contributed by atoms with Crippen LogP contribution in [0.1, 0.15) is 60.5 Å². The lowest BCUT2D eigenvalue weighted by Gasteiger charge is -2.25. The fourth-order valence-electron chi connectivity index (χ4n) is 4.15. The molecule has 0 spiro atoms. The molecular weight excluding hydrogens is 402 g/mol. The van der Waals surface area contributed by atoms with Crippen molar-refractivity contribution in [3.63, 3.8) is 0 Å². The van der Waals surface area contributed by atoms with E-state index in [2.05, 4.69) is 10.2 Å². The second kappa shape index (κ2) is 8.81. The Hall–Kier alpha value is -2.32. The van der Waals surface area contributed by atoms with Crippen LogP contribution in [0.15, 0.2) is 40.8 Å². The third-order valence-corrected chi connectivity index (χ3v) is 7.69. The Kier molecular flexibility index (Phi) is 6.15. The van der Waals surface area contributed by atoms with E-state index < -0.39 is 10.0 Å². The highest BCUT2D eigenvalue weighted by molar-refractivity contribution is 7.93. The van der Waals surface area contributed by atoms with Gasteiger partial charge in [0.05, 0.1) is 24.0 Å². The first-order valence-corrected chi connectivity index (χ1v) is 12.3. The first-order valence-electron chi connectivity index (χ1n) is 10.6. The van der Waals surface area contributed by atoms with Gasteiger partial charge in [-0.25, -0.2) is 8.42 Å². The quantitative estimate of drug-likeness (QED) is 0.759. The van der Waals surface area contributed by atoms with Gasteiger partial charge in [0.15, 0.2) is 5.76 Å². The second-order valence-electron chi connectivity index (χ2n) is 8.13. The molecule has 1 aromatic heterocycles. The smallest absolute Gasteiger partial charge is 0.287 e. The Morgan fingerprint density at radius 3 is 2.63 bits per heavy atom. The van der Waals surface area contributed by atoms with Gasteiger partial charge in [0.1, 0.15) is 5.76 Å². The molecular formula is C22H29N3O4S. The van der Waals surface area contributed by atoms with Crippen LogP contribution in [-0.2, 0) is 16.6 Å². The topological polar surface area (TPSA) is 82.9 Å². The minimum absolute atomic E-state index is 0.182. The molecule has 4 rings (SSSR count). The highest BCUT2D eigenvalue weighted by atomic mass is 32.2. The van der Waals surface area contributed by atoms with Gasteiger partial charge < -0.3 is 9.73 Å². The number of sulfonamides is 1. The minimum Gasteiger partial charge on any atom is -0.455 e. The van der Waals surface area contributed by atoms with Crippen LogP contribution in [0.2, 0.25) is 0 Å². The summed E-state index contributed by atoms with van der Waals surface area (Å²) in [7, 11) is -3.23. The van der Waals surface area contributed by atoms with Gasteiger partial charge in [0, 0.05) is 6.54 Å². The molecule has 30 heavy (non-hydrogen) atoms. The molecule has 1 amide bonds. The van der Waals surface area contributed by atoms with Crippen molar-refractivity contribution in [2.75, 3.05) is 29.7 Å². The van der Waals surface area contributed by atoms with Gasteiger partial charge in [-0.1, -0.05) is 18.6 Å². The molecule has 0 saturated carbocycles. The van der Waals surface area contributed by atoms with Crippen molar-refractivity contribution in [2.24, 2.45) is 0 Å². The van der Waals surface area contributed by atoms with Crippen molar-refractivity contribution in [1.29, 1.82) is 0 Å². The van der Waals surface area contributed by atoms with Crippen LogP contribution in [0, 0.1) is 0 Å². The van der Waals surface area contributed by atoms with E-state index in [0.29, 0.717) is 24.4 Å². The largest absolute Gasteiger partial charge is 0.455 e. The molecule has 1 aromatic carbocycles. The lowest BCUT2D eigenvalue weighted by molar-refractivity contribution is 0.0907. The van der Waals surface area contributed by atoms with Crippen molar-refractivity contribution < 1.29 is 17.6 Å². The molecule has 3 heterocycles. The van der Waals surface area contributed by atoms with E-state index in [1.807, 2.05) is 31.2 Å². The zero-order valence-electron chi connectivity index (χ0n) is 17.3. The number of hydrogen-bond donors (Lipinski definition) is 1. The first kappa shape index (κ1) is 20.9. The molecule has 1 atom stereocenters. The number of hydrogen-bond acceptors (Lipinski definition) is 5. The maximum Gasteiger partial charge on any atom is 0.287 e. The number of likely N-dealkylation sites (tertiary alicyclic amines) is 1. The Morgan fingerprint density at radius 2 is 1.90 bits per heavy atom. The summed E-state index contributed by atoms with van der Waals surface area (Å²) in [5.41, 5.74) is 1.50. The van der Waals surface area contributed by atoms with Crippen molar-refractivity contribution in [3.05, 3.63) is 53.5 Å². The number of nitrogens with one attached hydrogen (secondary N) is 1. The Labute approximate surface area is 178 Å². The predicted octanol–water partition coefficient (Wildman–Crippen LogP) is 3.30. The summed E-state index contributed by atoms with van der Waals surface area (Å²) in [4.78, 5) is 15.0. The Morgan fingerprint density at radius 1 is 1.10 bits per heavy atom. The number of anilines is 1. The van der Waals surface area contributed by atoms with Gasteiger partial charge in [0.25, 0.3) is 5.91 Å². The fourth-order valence-corrected chi connectivity index (χ4v) is 5.71. The molecule has 7 nitrogen and oxygen atoms in total. The van der Waals surface area contributed by atoms with Crippen LogP contribution in [-0.4, -0.2) is 44.6 Å². The number of carbonyl (C=O) groups excluding carboxylic acids is 1. The van der Waals surface area contributed by atoms with Gasteiger partial charge in [0.2, 0.25) is 10.0 Å². The lowest BCUT2D eigenvalue weighted by atomic mass is 10.1. The molecule has 0 radical (unpaired) electrons. The summed E-state index contributed by atoms with van der Waals surface area (Å²) in [6.45, 7) is 5.26. The van der Waals surface area contributed by atoms with Gasteiger partial charge in [-0.15, -0.1) is 0 Å². The van der Waals surface area contributed by atoms with Crippen LogP contribution in [0.4, 0.5) is 5.69 Å². The average molecular weight is 432 g/mol. The highest BCUT2D eigenvalue weighted by Gasteiger charge is 2.28. The number of rotatable bonds is 6. The first-order chi connectivity index (χ1) is 14.4. The highest BCUT2D eigenvalue weighted by Crippen LogP contribution is 2.27. The molecule has 2 fully saturated rings. The van der Waals surface area contributed by atoms with Crippen molar-refractivity contribution in [1.82, 2.24) is 10.2 Å². The van der Waals surface area contributed by atoms with Crippen molar-refractivity contribution in [3.8, 4) is 0 Å². The summed E-state index contributed by atoms with van der Waals surface area (Å²) >= 11 is 0. The standard InChI is InChI=1S/C22H29N3O4S/c1-17(18-7-5-8-19(15-18)25-13-6-14-30(25,27)28)23-22(26)21-10-9-20(29-21)16-24-11-3-2-4-12-24/h5,7-10,15,17H,2-4,6,11-14,16H2,1H3,(H,23,26). The Bertz CT molecular complexity index is 995. The molecule has 2 aromatic rings. The van der Waals surface area contributed by atoms with Crippen molar-refractivity contribution >= 4 is 21.6 Å². The molecule has 0 bridgehead atoms. The van der Waals surface area contributed by atoms with E-state index in [-0.39, 0.29) is 17.7 Å². The zero-order valence-corrected chi connectivity index (χ0v) is 18.2. The van der Waals surface area contributed by atoms with E-state index in [1.54, 1.807) is 12.1 Å². The average Bonchev–Trinajstić information content (AvgIpc) is 3.34. The van der Waals surface area contributed by atoms with Crippen LogP contribution in [0.25, 0.3) is 0 Å². The lowest BCUT2D eigenvalue weighted by Crippen LogP contribution is -2.29. The summed E-state index contributed by atoms with van der Waals surface area (Å²) < 4.78 is 31.6. The van der Waals surface area contributed by atoms with E-state index >= 15 is 0 Å². The van der Waals surface area contributed by atoms with E-state index in [0.717, 1.165) is 31.0 Å². The summed E-state index contributed by atoms with van der Waals surface area (Å²) in [6, 6.07) is 10.6. The number of carbonyl (C=O) groups is 1. The van der Waals surface area contributed by atoms with Crippen LogP contribution in [0.3, 0.4) is 0 Å². The molecule has 2 saturated heterocycles. The van der Waals surface area contributed by atoms with Gasteiger partial charge in [-0.3, -0.25) is 14.0 Å². The van der Waals surface area contributed by atoms with Gasteiger partial charge in [-0.2, -0.15) is 0 Å². The van der Waals surface area contributed by atoms with Gasteiger partial charge >= 0.3 is 0 Å². The molecule has 0 aliphatic carbocycles. The summed E-state index contributed by atoms with van der Waals surface area (Å²) in [5, 5.41) is 2.95. The zero-order chi connectivity index (χ0) is 21.1. The Balaban J connectivity index is 1.40. The van der Waals surface area contributed by atoms with E-state index in [9.17, 15) is 13.2 Å². The van der Waals surface area contributed by atoms with E-state index in [1.165, 1.54) is 23.6 Å². The maximum atomic E-state index is 12.7. The molecule has 1 unspecified atom stereocenters. The third-order valence-electron chi connectivity index (χ3n) is 5.82. The monoisotopic (exact) mass is 431 g/mol. The van der Waals surface area contributed by atoms with Gasteiger partial charge in [-0.05, 0) is 69.1 Å². The third kappa shape index (κ3) is 4.70. The predicted molar refractivity (Wildman–Crippen MR) is 116 cm³/mol. The molecule has 8 heteroatoms. The van der Waals surface area contributed by atoms with Crippen LogP contribution in [0.5, 0.6) is 0 Å². The number of furan rings is 1. The number of benzene rings is 1. The normalized spacial score (nSPS) is 20.2. The summed E-state index contributed by atoms with van der Waals surface area (Å²) in [5.74, 6) is 1.01. The molecule has 1 N–H and O–H groups in total. The number of piperidine rings is 1. The van der Waals surface area contributed by atoms with Crippen molar-refractivity contribution in [2.45, 2.75) is 45.2 Å².